The molecule has 4 amide bonds. The molecule has 42 heavy (non-hydrogen) atoms. The van der Waals surface area contributed by atoms with Crippen molar-refractivity contribution in [1.29, 1.82) is 0 Å². The smallest absolute Gasteiger partial charge is 0.257 e. The number of hydrogen-bond donors (Lipinski definition) is 0. The number of hydrogen-bond acceptors (Lipinski definition) is 4. The largest absolute Gasteiger partial charge is 0.277 e. The zero-order valence-electron chi connectivity index (χ0n) is 22.6. The van der Waals surface area contributed by atoms with Crippen molar-refractivity contribution in [3.05, 3.63) is 148 Å². The van der Waals surface area contributed by atoms with E-state index in [4.69, 9.17) is 0 Å². The van der Waals surface area contributed by atoms with Crippen LogP contribution in [0.5, 0.6) is 0 Å². The van der Waals surface area contributed by atoms with Gasteiger partial charge in [-0.2, -0.15) is 0 Å². The molecule has 2 saturated heterocycles. The van der Waals surface area contributed by atoms with Crippen molar-refractivity contribution in [1.82, 2.24) is 9.80 Å². The first-order valence-electron chi connectivity index (χ1n) is 14.2. The fourth-order valence-electron chi connectivity index (χ4n) is 7.85. The van der Waals surface area contributed by atoms with Gasteiger partial charge in [0.2, 0.25) is 17.7 Å². The average molecular weight is 551 g/mol. The number of likely N-dealkylation sites (tertiary alicyclic amines) is 2. The minimum Gasteiger partial charge on any atom is -0.277 e. The molecule has 0 N–H and O–H groups in total. The third-order valence-corrected chi connectivity index (χ3v) is 9.48. The summed E-state index contributed by atoms with van der Waals surface area (Å²) in [4.78, 5) is 60.8. The summed E-state index contributed by atoms with van der Waals surface area (Å²) in [6, 6.07) is 34.1. The lowest BCUT2D eigenvalue weighted by molar-refractivity contribution is -0.149. The summed E-state index contributed by atoms with van der Waals surface area (Å²) in [6.45, 7) is 0.206. The number of rotatable bonds is 4. The van der Waals surface area contributed by atoms with Crippen molar-refractivity contribution in [2.45, 2.75) is 24.9 Å². The van der Waals surface area contributed by atoms with Gasteiger partial charge in [0.15, 0.2) is 0 Å². The molecular weight excluding hydrogens is 524 g/mol. The Kier molecular flexibility index (Phi) is 5.26. The van der Waals surface area contributed by atoms with Crippen LogP contribution in [0.3, 0.4) is 0 Å². The standard InChI is InChI=1S/C36H26N2O4/c39-32-28-19-24-15-7-8-16-25(24)29-26-17-9-10-18-27(26)30-34(41)38(21-23-13-5-2-6-14-23)35(42)36(29,30)31(28)33(40)37(32)20-22-11-3-1-4-12-22/h1-19,29-31H,20-21H2/t29-,30+,31?,36+/m1/s1. The van der Waals surface area contributed by atoms with Crippen LogP contribution in [0.15, 0.2) is 115 Å². The second kappa shape index (κ2) is 8.95. The SMILES string of the molecule is O=C1C2=Cc3ccccc3[C@@H]3c4ccccc4[C@H]4C(=O)N(Cc5ccccc5)C(=O)[C@@]34C2C(=O)N1Cc1ccccc1. The molecule has 4 aromatic rings. The van der Waals surface area contributed by atoms with Crippen LogP contribution in [0.4, 0.5) is 0 Å². The zero-order chi connectivity index (χ0) is 28.6. The molecule has 8 rings (SSSR count). The summed E-state index contributed by atoms with van der Waals surface area (Å²) in [5, 5.41) is 0. The summed E-state index contributed by atoms with van der Waals surface area (Å²) >= 11 is 0. The lowest BCUT2D eigenvalue weighted by Crippen LogP contribution is -2.47. The molecule has 4 atom stereocenters. The van der Waals surface area contributed by atoms with Crippen molar-refractivity contribution in [3.8, 4) is 0 Å². The Morgan fingerprint density at radius 3 is 1.67 bits per heavy atom. The normalized spacial score (nSPS) is 25.4. The van der Waals surface area contributed by atoms with Gasteiger partial charge >= 0.3 is 0 Å². The second-order valence-corrected chi connectivity index (χ2v) is 11.5. The molecule has 2 fully saturated rings. The molecule has 4 aromatic carbocycles. The third-order valence-electron chi connectivity index (χ3n) is 9.48. The van der Waals surface area contributed by atoms with Gasteiger partial charge in [-0.3, -0.25) is 29.0 Å². The number of amides is 4. The van der Waals surface area contributed by atoms with Gasteiger partial charge in [-0.1, -0.05) is 109 Å². The fraction of sp³-hybridized carbons (Fsp3) is 0.167. The number of imide groups is 2. The lowest BCUT2D eigenvalue weighted by Gasteiger charge is -2.37. The van der Waals surface area contributed by atoms with Gasteiger partial charge < -0.3 is 0 Å². The third kappa shape index (κ3) is 3.15. The second-order valence-electron chi connectivity index (χ2n) is 11.5. The van der Waals surface area contributed by atoms with Gasteiger partial charge in [0, 0.05) is 11.5 Å². The molecule has 204 valence electrons. The first kappa shape index (κ1) is 24.7. The highest BCUT2D eigenvalue weighted by molar-refractivity contribution is 6.23. The van der Waals surface area contributed by atoms with Crippen LogP contribution < -0.4 is 0 Å². The minimum absolute atomic E-state index is 0.0994. The quantitative estimate of drug-likeness (QED) is 0.333. The van der Waals surface area contributed by atoms with Crippen LogP contribution in [-0.2, 0) is 32.3 Å². The molecule has 6 heteroatoms. The predicted molar refractivity (Wildman–Crippen MR) is 155 cm³/mol. The highest BCUT2D eigenvalue weighted by Crippen LogP contribution is 2.69. The molecule has 1 spiro atoms. The summed E-state index contributed by atoms with van der Waals surface area (Å²) in [7, 11) is 0. The van der Waals surface area contributed by atoms with E-state index in [1.807, 2.05) is 109 Å². The van der Waals surface area contributed by atoms with E-state index >= 15 is 4.79 Å². The van der Waals surface area contributed by atoms with E-state index in [0.29, 0.717) is 0 Å². The van der Waals surface area contributed by atoms with Gasteiger partial charge in [-0.15, -0.1) is 0 Å². The van der Waals surface area contributed by atoms with Crippen molar-refractivity contribution >= 4 is 29.7 Å². The fourth-order valence-corrected chi connectivity index (χ4v) is 7.85. The molecule has 0 radical (unpaired) electrons. The first-order valence-corrected chi connectivity index (χ1v) is 14.2. The molecule has 1 unspecified atom stereocenters. The average Bonchev–Trinajstić information content (AvgIpc) is 3.48. The topological polar surface area (TPSA) is 74.8 Å². The highest BCUT2D eigenvalue weighted by Gasteiger charge is 2.75. The number of carbonyl (C=O) groups is 4. The molecule has 0 bridgehead atoms. The van der Waals surface area contributed by atoms with Crippen molar-refractivity contribution in [2.75, 3.05) is 0 Å². The lowest BCUT2D eigenvalue weighted by atomic mass is 9.60. The molecule has 2 aliphatic heterocycles. The first-order chi connectivity index (χ1) is 20.5. The Morgan fingerprint density at radius 2 is 1.02 bits per heavy atom. The van der Waals surface area contributed by atoms with Gasteiger partial charge in [0.05, 0.1) is 30.3 Å². The molecular formula is C36H26N2O4. The van der Waals surface area contributed by atoms with E-state index in [2.05, 4.69) is 0 Å². The maximum absolute atomic E-state index is 15.0. The zero-order valence-corrected chi connectivity index (χ0v) is 22.6. The van der Waals surface area contributed by atoms with E-state index in [1.165, 1.54) is 9.80 Å². The molecule has 0 saturated carbocycles. The van der Waals surface area contributed by atoms with Crippen LogP contribution in [0.2, 0.25) is 0 Å². The Morgan fingerprint density at radius 1 is 0.524 bits per heavy atom. The molecule has 2 heterocycles. The van der Waals surface area contributed by atoms with Gasteiger partial charge in [0.25, 0.3) is 5.91 Å². The van der Waals surface area contributed by atoms with Crippen LogP contribution in [-0.4, -0.2) is 33.4 Å². The van der Waals surface area contributed by atoms with E-state index in [9.17, 15) is 14.4 Å². The number of carbonyl (C=O) groups excluding carboxylic acids is 4. The van der Waals surface area contributed by atoms with Crippen LogP contribution in [0, 0.1) is 11.3 Å². The number of nitrogens with zero attached hydrogens (tertiary/aromatic N) is 2. The number of benzene rings is 4. The van der Waals surface area contributed by atoms with E-state index in [1.54, 1.807) is 6.08 Å². The minimum atomic E-state index is -1.49. The van der Waals surface area contributed by atoms with E-state index in [0.717, 1.165) is 33.4 Å². The van der Waals surface area contributed by atoms with E-state index < -0.39 is 40.9 Å². The summed E-state index contributed by atoms with van der Waals surface area (Å²) in [5.41, 5.74) is 3.70. The van der Waals surface area contributed by atoms with Crippen LogP contribution >= 0.6 is 0 Å². The molecule has 2 aliphatic carbocycles. The van der Waals surface area contributed by atoms with Gasteiger partial charge in [-0.05, 0) is 39.5 Å². The van der Waals surface area contributed by atoms with Crippen LogP contribution in [0.1, 0.15) is 45.2 Å². The monoisotopic (exact) mass is 550 g/mol. The van der Waals surface area contributed by atoms with E-state index in [-0.39, 0.29) is 24.6 Å². The highest BCUT2D eigenvalue weighted by atomic mass is 16.2. The van der Waals surface area contributed by atoms with Crippen molar-refractivity contribution < 1.29 is 19.2 Å². The Bertz CT molecular complexity index is 1850. The molecule has 4 aliphatic rings. The van der Waals surface area contributed by atoms with Gasteiger partial charge in [0.1, 0.15) is 0 Å². The van der Waals surface area contributed by atoms with Crippen molar-refractivity contribution in [2.24, 2.45) is 11.3 Å². The molecule has 6 nitrogen and oxygen atoms in total. The van der Waals surface area contributed by atoms with Crippen LogP contribution in [0.25, 0.3) is 6.08 Å². The Balaban J connectivity index is 1.38. The summed E-state index contributed by atoms with van der Waals surface area (Å²) in [5.74, 6) is -4.09. The molecule has 0 aromatic heterocycles. The Labute approximate surface area is 242 Å². The maximum Gasteiger partial charge on any atom is 0.257 e. The Hall–Kier alpha value is -5.10. The summed E-state index contributed by atoms with van der Waals surface area (Å²) < 4.78 is 0. The van der Waals surface area contributed by atoms with Crippen molar-refractivity contribution in [3.63, 3.8) is 0 Å². The summed E-state index contributed by atoms with van der Waals surface area (Å²) in [6.07, 6.45) is 1.79. The van der Waals surface area contributed by atoms with Gasteiger partial charge in [-0.25, -0.2) is 0 Å². The predicted octanol–water partition coefficient (Wildman–Crippen LogP) is 5.05. The number of fused-ring (bicyclic) bond motifs is 6. The maximum atomic E-state index is 15.0.